The van der Waals surface area contributed by atoms with Crippen molar-refractivity contribution in [1.29, 1.82) is 0 Å². The van der Waals surface area contributed by atoms with E-state index in [1.165, 1.54) is 0 Å². The monoisotopic (exact) mass is 466 g/mol. The lowest BCUT2D eigenvalue weighted by Crippen LogP contribution is -2.38. The molecular weight excluding hydrogens is 436 g/mol. The van der Waals surface area contributed by atoms with Crippen molar-refractivity contribution in [3.63, 3.8) is 0 Å². The number of nitrogens with zero attached hydrogens (tertiary/aromatic N) is 3. The normalized spacial score (nSPS) is 13.7. The molecule has 0 saturated carbocycles. The van der Waals surface area contributed by atoms with Crippen molar-refractivity contribution in [2.45, 2.75) is 20.8 Å². The first-order valence-electron chi connectivity index (χ1n) is 11.2. The van der Waals surface area contributed by atoms with Crippen LogP contribution in [-0.4, -0.2) is 60.7 Å². The molecule has 2 aromatic heterocycles. The Morgan fingerprint density at radius 2 is 1.76 bits per heavy atom. The number of amides is 2. The number of likely N-dealkylation sites (N-methyl/N-ethyl adjacent to an activating group) is 1. The third-order valence-electron chi connectivity index (χ3n) is 5.95. The van der Waals surface area contributed by atoms with Gasteiger partial charge in [-0.1, -0.05) is 0 Å². The van der Waals surface area contributed by atoms with Crippen molar-refractivity contribution in [2.24, 2.45) is 0 Å². The number of rotatable bonds is 7. The summed E-state index contributed by atoms with van der Waals surface area (Å²) in [5, 5.41) is 3.81. The molecule has 0 atom stereocenters. The van der Waals surface area contributed by atoms with Gasteiger partial charge in [-0.05, 0) is 62.7 Å². The maximum Gasteiger partial charge on any atom is 0.257 e. The topological polar surface area (TPSA) is 66.8 Å². The Hall–Kier alpha value is -3.10. The Bertz CT molecular complexity index is 1100. The summed E-state index contributed by atoms with van der Waals surface area (Å²) >= 11 is 1.59. The van der Waals surface area contributed by atoms with Gasteiger partial charge >= 0.3 is 0 Å². The minimum absolute atomic E-state index is 0.00000145. The molecule has 1 aromatic carbocycles. The van der Waals surface area contributed by atoms with E-state index in [0.29, 0.717) is 12.1 Å². The third-order valence-corrected chi connectivity index (χ3v) is 7.17. The molecule has 3 heterocycles. The van der Waals surface area contributed by atoms with Gasteiger partial charge in [-0.2, -0.15) is 0 Å². The number of anilines is 2. The van der Waals surface area contributed by atoms with E-state index in [1.807, 2.05) is 74.1 Å². The molecule has 0 aliphatic carbocycles. The summed E-state index contributed by atoms with van der Waals surface area (Å²) in [5.41, 5.74) is 3.46. The van der Waals surface area contributed by atoms with E-state index >= 15 is 0 Å². The van der Waals surface area contributed by atoms with Crippen LogP contribution in [0.2, 0.25) is 0 Å². The van der Waals surface area contributed by atoms with Crippen molar-refractivity contribution in [1.82, 2.24) is 9.47 Å². The van der Waals surface area contributed by atoms with Crippen LogP contribution in [0.1, 0.15) is 27.7 Å². The number of nitrogens with one attached hydrogen (secondary N) is 1. The molecule has 0 radical (unpaired) electrons. The molecule has 8 heteroatoms. The fraction of sp³-hybridized carbons (Fsp3) is 0.360. The van der Waals surface area contributed by atoms with Crippen LogP contribution in [0, 0.1) is 13.8 Å². The van der Waals surface area contributed by atoms with Gasteiger partial charge in [-0.3, -0.25) is 9.59 Å². The lowest BCUT2D eigenvalue weighted by atomic mass is 10.1. The number of carbonyl (C=O) groups is 2. The molecule has 0 bridgehead atoms. The molecule has 0 spiro atoms. The van der Waals surface area contributed by atoms with E-state index in [-0.39, 0.29) is 18.4 Å². The van der Waals surface area contributed by atoms with Gasteiger partial charge < -0.3 is 24.4 Å². The van der Waals surface area contributed by atoms with Crippen LogP contribution in [0.5, 0.6) is 0 Å². The Morgan fingerprint density at radius 1 is 1.09 bits per heavy atom. The minimum atomic E-state index is -0.212. The SMILES string of the molecule is CCN(CC(=O)Nc1ccc(N2CCOCC2)cc1)C(=O)c1c(-n2cccc2)sc(C)c1C. The van der Waals surface area contributed by atoms with Gasteiger partial charge in [-0.25, -0.2) is 0 Å². The number of benzene rings is 1. The van der Waals surface area contributed by atoms with E-state index in [1.54, 1.807) is 16.2 Å². The van der Waals surface area contributed by atoms with E-state index in [4.69, 9.17) is 4.74 Å². The average molecular weight is 467 g/mol. The Kier molecular flexibility index (Phi) is 7.15. The van der Waals surface area contributed by atoms with Gasteiger partial charge in [0.15, 0.2) is 0 Å². The van der Waals surface area contributed by atoms with Crippen LogP contribution in [0.15, 0.2) is 48.8 Å². The number of hydrogen-bond acceptors (Lipinski definition) is 5. The van der Waals surface area contributed by atoms with Crippen molar-refractivity contribution in [2.75, 3.05) is 49.6 Å². The molecule has 7 nitrogen and oxygen atoms in total. The van der Waals surface area contributed by atoms with Gasteiger partial charge in [0.05, 0.1) is 18.8 Å². The highest BCUT2D eigenvalue weighted by Gasteiger charge is 2.25. The molecule has 1 fully saturated rings. The second-order valence-electron chi connectivity index (χ2n) is 8.07. The number of aromatic nitrogens is 1. The number of carbonyl (C=O) groups excluding carboxylic acids is 2. The smallest absolute Gasteiger partial charge is 0.257 e. The summed E-state index contributed by atoms with van der Waals surface area (Å²) in [6, 6.07) is 11.7. The quantitative estimate of drug-likeness (QED) is 0.570. The summed E-state index contributed by atoms with van der Waals surface area (Å²) in [6.45, 7) is 9.53. The number of hydrogen-bond donors (Lipinski definition) is 1. The van der Waals surface area contributed by atoms with Crippen molar-refractivity contribution in [3.8, 4) is 5.00 Å². The highest BCUT2D eigenvalue weighted by atomic mass is 32.1. The molecule has 174 valence electrons. The van der Waals surface area contributed by atoms with Crippen LogP contribution >= 0.6 is 11.3 Å². The highest BCUT2D eigenvalue weighted by molar-refractivity contribution is 7.15. The first kappa shape index (κ1) is 23.1. The van der Waals surface area contributed by atoms with Gasteiger partial charge in [0, 0.05) is 48.3 Å². The Labute approximate surface area is 198 Å². The third kappa shape index (κ3) is 5.12. The number of morpholine rings is 1. The van der Waals surface area contributed by atoms with Crippen molar-refractivity contribution < 1.29 is 14.3 Å². The second kappa shape index (κ2) is 10.2. The fourth-order valence-corrected chi connectivity index (χ4v) is 5.06. The molecule has 33 heavy (non-hydrogen) atoms. The number of thiophene rings is 1. The van der Waals surface area contributed by atoms with Gasteiger partial charge in [0.1, 0.15) is 11.5 Å². The summed E-state index contributed by atoms with van der Waals surface area (Å²) < 4.78 is 7.36. The van der Waals surface area contributed by atoms with Crippen LogP contribution in [-0.2, 0) is 9.53 Å². The zero-order valence-corrected chi connectivity index (χ0v) is 20.2. The van der Waals surface area contributed by atoms with Crippen LogP contribution < -0.4 is 10.2 Å². The highest BCUT2D eigenvalue weighted by Crippen LogP contribution is 2.32. The maximum atomic E-state index is 13.5. The standard InChI is InChI=1S/C25H30N4O3S/c1-4-27(24(31)23-18(2)19(3)33-25(23)29-11-5-6-12-29)17-22(30)26-20-7-9-21(10-8-20)28-13-15-32-16-14-28/h5-12H,4,13-17H2,1-3H3,(H,26,30). The second-order valence-corrected chi connectivity index (χ2v) is 9.27. The summed E-state index contributed by atoms with van der Waals surface area (Å²) in [6.07, 6.45) is 3.87. The lowest BCUT2D eigenvalue weighted by Gasteiger charge is -2.29. The van der Waals surface area contributed by atoms with Crippen LogP contribution in [0.25, 0.3) is 5.00 Å². The summed E-state index contributed by atoms with van der Waals surface area (Å²) in [5.74, 6) is -0.336. The largest absolute Gasteiger partial charge is 0.378 e. The van der Waals surface area contributed by atoms with Gasteiger partial charge in [0.2, 0.25) is 5.91 Å². The minimum Gasteiger partial charge on any atom is -0.378 e. The number of aryl methyl sites for hydroxylation is 1. The van der Waals surface area contributed by atoms with Crippen LogP contribution in [0.4, 0.5) is 11.4 Å². The maximum absolute atomic E-state index is 13.5. The van der Waals surface area contributed by atoms with Crippen LogP contribution in [0.3, 0.4) is 0 Å². The Balaban J connectivity index is 1.44. The molecule has 2 amide bonds. The molecular formula is C25H30N4O3S. The fourth-order valence-electron chi connectivity index (χ4n) is 3.95. The van der Waals surface area contributed by atoms with E-state index in [9.17, 15) is 9.59 Å². The lowest BCUT2D eigenvalue weighted by molar-refractivity contribution is -0.116. The predicted octanol–water partition coefficient (Wildman–Crippen LogP) is 4.09. The number of ether oxygens (including phenoxy) is 1. The molecule has 1 saturated heterocycles. The zero-order chi connectivity index (χ0) is 23.4. The molecule has 3 aromatic rings. The van der Waals surface area contributed by atoms with Gasteiger partial charge in [0.25, 0.3) is 5.91 Å². The summed E-state index contributed by atoms with van der Waals surface area (Å²) in [4.78, 5) is 31.2. The van der Waals surface area contributed by atoms with E-state index in [0.717, 1.165) is 53.1 Å². The average Bonchev–Trinajstić information content (AvgIpc) is 3.46. The molecule has 1 aliphatic heterocycles. The van der Waals surface area contributed by atoms with Crippen molar-refractivity contribution >= 4 is 34.5 Å². The van der Waals surface area contributed by atoms with Gasteiger partial charge in [-0.15, -0.1) is 11.3 Å². The first-order chi connectivity index (χ1) is 16.0. The van der Waals surface area contributed by atoms with Crippen molar-refractivity contribution in [3.05, 3.63) is 64.8 Å². The zero-order valence-electron chi connectivity index (χ0n) is 19.3. The molecule has 4 rings (SSSR count). The first-order valence-corrected chi connectivity index (χ1v) is 12.0. The van der Waals surface area contributed by atoms with E-state index in [2.05, 4.69) is 10.2 Å². The molecule has 1 N–H and O–H groups in total. The molecule has 0 unspecified atom stereocenters. The molecule has 1 aliphatic rings. The van der Waals surface area contributed by atoms with E-state index < -0.39 is 0 Å². The summed E-state index contributed by atoms with van der Waals surface area (Å²) in [7, 11) is 0. The Morgan fingerprint density at radius 3 is 2.39 bits per heavy atom. The predicted molar refractivity (Wildman–Crippen MR) is 133 cm³/mol.